The molecule has 0 saturated carbocycles. The summed E-state index contributed by atoms with van der Waals surface area (Å²) in [4.78, 5) is 37.4. The van der Waals surface area contributed by atoms with Crippen molar-refractivity contribution < 1.29 is 24.2 Å². The maximum Gasteiger partial charge on any atom is 0.301 e. The minimum Gasteiger partial charge on any atom is -0.505 e. The Balaban J connectivity index is 1.49. The predicted molar refractivity (Wildman–Crippen MR) is 160 cm³/mol. The number of aryl methyl sites for hydroxylation is 2. The SMILES string of the molecule is CCOc1cc(C2/C(=C(\O)c3nc4c(C)cccn4c3C)C(=O)C(=O)N2c2nccs2)ccc1OCc1ccccc1. The Bertz CT molecular complexity index is 1830. The summed E-state index contributed by atoms with van der Waals surface area (Å²) in [5.41, 5.74) is 3.93. The van der Waals surface area contributed by atoms with Gasteiger partial charge in [-0.1, -0.05) is 42.5 Å². The van der Waals surface area contributed by atoms with E-state index in [1.165, 1.54) is 16.2 Å². The zero-order valence-corrected chi connectivity index (χ0v) is 24.1. The lowest BCUT2D eigenvalue weighted by Gasteiger charge is -2.24. The van der Waals surface area contributed by atoms with Crippen LogP contribution >= 0.6 is 11.3 Å². The zero-order chi connectivity index (χ0) is 29.4. The first kappa shape index (κ1) is 27.2. The number of pyridine rings is 1. The van der Waals surface area contributed by atoms with Gasteiger partial charge < -0.3 is 19.0 Å². The molecule has 1 saturated heterocycles. The van der Waals surface area contributed by atoms with Gasteiger partial charge in [0.05, 0.1) is 23.9 Å². The van der Waals surface area contributed by atoms with E-state index in [0.29, 0.717) is 46.7 Å². The molecule has 1 fully saturated rings. The van der Waals surface area contributed by atoms with Crippen LogP contribution in [0.2, 0.25) is 0 Å². The van der Waals surface area contributed by atoms with E-state index in [1.54, 1.807) is 29.8 Å². The molecule has 212 valence electrons. The van der Waals surface area contributed by atoms with Gasteiger partial charge in [-0.15, -0.1) is 11.3 Å². The molecule has 1 aliphatic rings. The molecule has 1 atom stereocenters. The summed E-state index contributed by atoms with van der Waals surface area (Å²) in [6, 6.07) is 17.9. The minimum atomic E-state index is -0.969. The third-order valence-corrected chi connectivity index (χ3v) is 7.97. The Hall–Kier alpha value is -4.96. The van der Waals surface area contributed by atoms with Gasteiger partial charge in [-0.3, -0.25) is 14.5 Å². The summed E-state index contributed by atoms with van der Waals surface area (Å²) >= 11 is 1.23. The molecule has 4 heterocycles. The average molecular weight is 581 g/mol. The number of hydrogen-bond donors (Lipinski definition) is 1. The molecule has 0 radical (unpaired) electrons. The third-order valence-electron chi connectivity index (χ3n) is 7.20. The van der Waals surface area contributed by atoms with Crippen LogP contribution in [0.1, 0.15) is 41.0 Å². The molecule has 5 aromatic rings. The van der Waals surface area contributed by atoms with Crippen LogP contribution in [0.4, 0.5) is 5.13 Å². The van der Waals surface area contributed by atoms with Crippen molar-refractivity contribution in [1.82, 2.24) is 14.4 Å². The fraction of sp³-hybridized carbons (Fsp3) is 0.188. The molecule has 2 aromatic carbocycles. The number of nitrogens with zero attached hydrogens (tertiary/aromatic N) is 4. The van der Waals surface area contributed by atoms with E-state index in [1.807, 2.05) is 73.8 Å². The number of carbonyl (C=O) groups excluding carboxylic acids is 2. The summed E-state index contributed by atoms with van der Waals surface area (Å²) in [6.45, 7) is 6.31. The molecule has 1 unspecified atom stereocenters. The van der Waals surface area contributed by atoms with Gasteiger partial charge in [0.15, 0.2) is 22.4 Å². The highest BCUT2D eigenvalue weighted by atomic mass is 32.1. The first-order chi connectivity index (χ1) is 20.4. The number of ketones is 1. The molecule has 1 aliphatic heterocycles. The number of anilines is 1. The van der Waals surface area contributed by atoms with Crippen LogP contribution in [-0.4, -0.2) is 37.8 Å². The van der Waals surface area contributed by atoms with Gasteiger partial charge in [-0.2, -0.15) is 0 Å². The number of benzene rings is 2. The number of carbonyl (C=O) groups is 2. The summed E-state index contributed by atoms with van der Waals surface area (Å²) in [5.74, 6) is -0.974. The molecule has 0 bridgehead atoms. The summed E-state index contributed by atoms with van der Waals surface area (Å²) in [7, 11) is 0. The van der Waals surface area contributed by atoms with Gasteiger partial charge in [0.1, 0.15) is 17.9 Å². The first-order valence-electron chi connectivity index (χ1n) is 13.5. The number of amides is 1. The van der Waals surface area contributed by atoms with E-state index in [9.17, 15) is 14.7 Å². The Morgan fingerprint density at radius 2 is 1.83 bits per heavy atom. The van der Waals surface area contributed by atoms with Gasteiger partial charge in [-0.25, -0.2) is 9.97 Å². The number of thiazole rings is 1. The van der Waals surface area contributed by atoms with Crippen LogP contribution in [0, 0.1) is 13.8 Å². The average Bonchev–Trinajstić information content (AvgIpc) is 3.71. The van der Waals surface area contributed by atoms with Crippen LogP contribution in [0.3, 0.4) is 0 Å². The second kappa shape index (κ2) is 11.1. The fourth-order valence-corrected chi connectivity index (χ4v) is 5.84. The highest BCUT2D eigenvalue weighted by Crippen LogP contribution is 2.45. The lowest BCUT2D eigenvalue weighted by atomic mass is 9.96. The van der Waals surface area contributed by atoms with Crippen molar-refractivity contribution in [3.8, 4) is 11.5 Å². The maximum atomic E-state index is 13.6. The van der Waals surface area contributed by atoms with E-state index in [0.717, 1.165) is 11.1 Å². The van der Waals surface area contributed by atoms with Gasteiger partial charge >= 0.3 is 5.91 Å². The molecule has 0 spiro atoms. The molecule has 1 N–H and O–H groups in total. The van der Waals surface area contributed by atoms with Gasteiger partial charge in [-0.05, 0) is 55.7 Å². The Kier molecular flexibility index (Phi) is 7.22. The van der Waals surface area contributed by atoms with Crippen LogP contribution in [0.5, 0.6) is 11.5 Å². The highest BCUT2D eigenvalue weighted by Gasteiger charge is 2.48. The molecule has 6 rings (SSSR count). The molecule has 10 heteroatoms. The lowest BCUT2D eigenvalue weighted by molar-refractivity contribution is -0.132. The fourth-order valence-electron chi connectivity index (χ4n) is 5.17. The topological polar surface area (TPSA) is 106 Å². The van der Waals surface area contributed by atoms with Crippen molar-refractivity contribution in [2.45, 2.75) is 33.4 Å². The van der Waals surface area contributed by atoms with Gasteiger partial charge in [0, 0.05) is 17.8 Å². The molecule has 42 heavy (non-hydrogen) atoms. The number of hydrogen-bond acceptors (Lipinski definition) is 8. The quantitative estimate of drug-likeness (QED) is 0.136. The molecule has 3 aromatic heterocycles. The van der Waals surface area contributed by atoms with E-state index in [4.69, 9.17) is 9.47 Å². The molecule has 1 amide bonds. The van der Waals surface area contributed by atoms with Crippen molar-refractivity contribution in [3.05, 3.63) is 112 Å². The molecular formula is C32H28N4O5S. The first-order valence-corrected chi connectivity index (χ1v) is 14.4. The van der Waals surface area contributed by atoms with Crippen LogP contribution < -0.4 is 14.4 Å². The number of aliphatic hydroxyl groups is 1. The second-order valence-electron chi connectivity index (χ2n) is 9.83. The summed E-state index contributed by atoms with van der Waals surface area (Å²) in [6.07, 6.45) is 3.41. The standard InChI is InChI=1S/C32H28N4O5S/c1-4-40-24-17-22(12-13-23(24)41-18-21-10-6-5-7-11-21)27-25(29(38)31(39)36(27)32-33-14-16-42-32)28(37)26-20(3)35-15-8-9-19(2)30(35)34-26/h5-17,27,37H,4,18H2,1-3H3/b28-25+. The van der Waals surface area contributed by atoms with Crippen molar-refractivity contribution in [2.75, 3.05) is 11.5 Å². The number of imidazole rings is 1. The van der Waals surface area contributed by atoms with Crippen LogP contribution in [0.25, 0.3) is 11.4 Å². The zero-order valence-electron chi connectivity index (χ0n) is 23.3. The second-order valence-corrected chi connectivity index (χ2v) is 10.7. The molecule has 0 aliphatic carbocycles. The Labute approximate surface area is 246 Å². The normalized spacial score (nSPS) is 16.4. The van der Waals surface area contributed by atoms with Crippen molar-refractivity contribution >= 4 is 39.6 Å². The lowest BCUT2D eigenvalue weighted by Crippen LogP contribution is -2.29. The van der Waals surface area contributed by atoms with Gasteiger partial charge in [0.25, 0.3) is 5.78 Å². The number of aliphatic hydroxyl groups excluding tert-OH is 1. The third kappa shape index (κ3) is 4.69. The Morgan fingerprint density at radius 3 is 2.55 bits per heavy atom. The number of rotatable bonds is 8. The molecular weight excluding hydrogens is 552 g/mol. The van der Waals surface area contributed by atoms with Crippen LogP contribution in [0.15, 0.2) is 84.0 Å². The van der Waals surface area contributed by atoms with E-state index in [-0.39, 0.29) is 17.0 Å². The van der Waals surface area contributed by atoms with E-state index >= 15 is 0 Å². The monoisotopic (exact) mass is 580 g/mol. The predicted octanol–water partition coefficient (Wildman–Crippen LogP) is 6.01. The van der Waals surface area contributed by atoms with Crippen molar-refractivity contribution in [3.63, 3.8) is 0 Å². The van der Waals surface area contributed by atoms with Crippen molar-refractivity contribution in [2.24, 2.45) is 0 Å². The van der Waals surface area contributed by atoms with E-state index in [2.05, 4.69) is 9.97 Å². The molecule has 9 nitrogen and oxygen atoms in total. The smallest absolute Gasteiger partial charge is 0.301 e. The largest absolute Gasteiger partial charge is 0.505 e. The van der Waals surface area contributed by atoms with Crippen LogP contribution in [-0.2, 0) is 16.2 Å². The van der Waals surface area contributed by atoms with Crippen molar-refractivity contribution in [1.29, 1.82) is 0 Å². The number of aromatic nitrogens is 3. The number of Topliss-reactive ketones (excluding diaryl/α,β-unsaturated/α-hetero) is 1. The Morgan fingerprint density at radius 1 is 1.02 bits per heavy atom. The number of ether oxygens (including phenoxy) is 2. The van der Waals surface area contributed by atoms with Gasteiger partial charge in [0.2, 0.25) is 0 Å². The number of fused-ring (bicyclic) bond motifs is 1. The highest BCUT2D eigenvalue weighted by molar-refractivity contribution is 7.14. The minimum absolute atomic E-state index is 0.0697. The van der Waals surface area contributed by atoms with E-state index < -0.39 is 17.7 Å². The summed E-state index contributed by atoms with van der Waals surface area (Å²) < 4.78 is 13.9. The maximum absolute atomic E-state index is 13.6. The summed E-state index contributed by atoms with van der Waals surface area (Å²) in [5, 5.41) is 13.8.